The van der Waals surface area contributed by atoms with Gasteiger partial charge in [-0.05, 0) is 128 Å². The van der Waals surface area contributed by atoms with E-state index in [0.717, 1.165) is 30.1 Å². The molecule has 31 heavy (non-hydrogen) atoms. The van der Waals surface area contributed by atoms with E-state index in [1.54, 1.807) is 0 Å². The van der Waals surface area contributed by atoms with Crippen LogP contribution in [0.5, 0.6) is 0 Å². The third-order valence-electron chi connectivity index (χ3n) is 13.5. The van der Waals surface area contributed by atoms with Crippen molar-refractivity contribution in [3.63, 3.8) is 0 Å². The van der Waals surface area contributed by atoms with Crippen LogP contribution >= 0.6 is 0 Å². The number of rotatable bonds is 1. The molecule has 0 aromatic heterocycles. The van der Waals surface area contributed by atoms with Gasteiger partial charge in [0.05, 0.1) is 6.10 Å². The van der Waals surface area contributed by atoms with E-state index in [0.29, 0.717) is 27.6 Å². The lowest BCUT2D eigenvalue weighted by molar-refractivity contribution is -0.246. The van der Waals surface area contributed by atoms with Gasteiger partial charge in [0.25, 0.3) is 0 Å². The zero-order valence-electron chi connectivity index (χ0n) is 21.7. The molecule has 0 spiro atoms. The highest BCUT2D eigenvalue weighted by atomic mass is 16.3. The molecule has 0 heterocycles. The summed E-state index contributed by atoms with van der Waals surface area (Å²) in [4.78, 5) is 0. The van der Waals surface area contributed by atoms with Crippen LogP contribution in [0.2, 0.25) is 0 Å². The molecule has 5 saturated carbocycles. The Balaban J connectivity index is 1.54. The van der Waals surface area contributed by atoms with Crippen molar-refractivity contribution in [1.82, 2.24) is 0 Å². The summed E-state index contributed by atoms with van der Waals surface area (Å²) in [6, 6.07) is 0. The first-order valence-electron chi connectivity index (χ1n) is 13.6. The first kappa shape index (κ1) is 22.5. The number of hydrogen-bond acceptors (Lipinski definition) is 1. The molecule has 0 aromatic carbocycles. The van der Waals surface area contributed by atoms with Crippen molar-refractivity contribution in [2.75, 3.05) is 0 Å². The van der Waals surface area contributed by atoms with Gasteiger partial charge in [0.1, 0.15) is 0 Å². The molecular weight excluding hydrogens is 376 g/mol. The fraction of sp³-hybridized carbons (Fsp3) is 0.933. The van der Waals surface area contributed by atoms with Crippen molar-refractivity contribution >= 4 is 0 Å². The highest BCUT2D eigenvalue weighted by Gasteiger charge is 2.70. The van der Waals surface area contributed by atoms with Gasteiger partial charge in [-0.15, -0.1) is 0 Å². The molecule has 0 unspecified atom stereocenters. The van der Waals surface area contributed by atoms with E-state index in [4.69, 9.17) is 0 Å². The first-order chi connectivity index (χ1) is 14.3. The molecule has 0 bridgehead atoms. The average Bonchev–Trinajstić information content (AvgIpc) is 3.04. The van der Waals surface area contributed by atoms with Crippen molar-refractivity contribution < 1.29 is 5.11 Å². The molecule has 1 N–H and O–H groups in total. The average molecular weight is 427 g/mol. The lowest BCUT2D eigenvalue weighted by Crippen LogP contribution is -2.66. The van der Waals surface area contributed by atoms with E-state index < -0.39 is 0 Å². The zero-order valence-corrected chi connectivity index (χ0v) is 21.7. The summed E-state index contributed by atoms with van der Waals surface area (Å²) in [6.45, 7) is 22.3. The Bertz CT molecular complexity index is 766. The number of allylic oxidation sites excluding steroid dienone is 1. The van der Waals surface area contributed by atoms with Gasteiger partial charge in [-0.25, -0.2) is 0 Å². The predicted molar refractivity (Wildman–Crippen MR) is 131 cm³/mol. The van der Waals surface area contributed by atoms with Crippen LogP contribution in [0.1, 0.15) is 113 Å². The Morgan fingerprint density at radius 2 is 1.45 bits per heavy atom. The van der Waals surface area contributed by atoms with E-state index in [1.165, 1.54) is 63.4 Å². The van der Waals surface area contributed by atoms with Gasteiger partial charge in [0, 0.05) is 0 Å². The summed E-state index contributed by atoms with van der Waals surface area (Å²) >= 11 is 0. The van der Waals surface area contributed by atoms with Crippen LogP contribution < -0.4 is 0 Å². The molecule has 1 heteroatoms. The second-order valence-electron chi connectivity index (χ2n) is 14.7. The van der Waals surface area contributed by atoms with Crippen LogP contribution in [0.25, 0.3) is 0 Å². The highest BCUT2D eigenvalue weighted by molar-refractivity contribution is 5.21. The maximum atomic E-state index is 10.9. The molecule has 0 amide bonds. The third kappa shape index (κ3) is 2.65. The number of aliphatic hydroxyl groups excluding tert-OH is 1. The Morgan fingerprint density at radius 3 is 2.13 bits per heavy atom. The molecule has 5 aliphatic rings. The standard InChI is InChI=1S/C30H50O/c1-19(2)20-11-14-27(5)17-18-29(7)21(25(20)27)9-10-23-28(6)15-13-24(31)26(3,4)22(28)12-16-30(23,29)8/h20-25,31H,1,9-18H2,2-8H3/t20-,21+,22-,23-,24-,25-,27+,28-,29-,30+/m0/s1. The van der Waals surface area contributed by atoms with Crippen molar-refractivity contribution in [1.29, 1.82) is 0 Å². The van der Waals surface area contributed by atoms with Gasteiger partial charge >= 0.3 is 0 Å². The van der Waals surface area contributed by atoms with Gasteiger partial charge in [-0.1, -0.05) is 53.7 Å². The van der Waals surface area contributed by atoms with Crippen LogP contribution in [0.15, 0.2) is 12.2 Å². The number of fused-ring (bicyclic) bond motifs is 7. The van der Waals surface area contributed by atoms with Gasteiger partial charge in [0.2, 0.25) is 0 Å². The first-order valence-corrected chi connectivity index (χ1v) is 13.6. The summed E-state index contributed by atoms with van der Waals surface area (Å²) in [5.74, 6) is 3.98. The highest BCUT2D eigenvalue weighted by Crippen LogP contribution is 2.77. The summed E-state index contributed by atoms with van der Waals surface area (Å²) < 4.78 is 0. The van der Waals surface area contributed by atoms with E-state index in [2.05, 4.69) is 55.0 Å². The summed E-state index contributed by atoms with van der Waals surface area (Å²) in [6.07, 6.45) is 13.4. The summed E-state index contributed by atoms with van der Waals surface area (Å²) in [5, 5.41) is 10.9. The fourth-order valence-electron chi connectivity index (χ4n) is 11.5. The molecule has 0 radical (unpaired) electrons. The lowest BCUT2D eigenvalue weighted by Gasteiger charge is -2.73. The smallest absolute Gasteiger partial charge is 0.0594 e. The molecule has 0 saturated heterocycles. The maximum Gasteiger partial charge on any atom is 0.0594 e. The van der Waals surface area contributed by atoms with Gasteiger partial charge in [-0.2, -0.15) is 0 Å². The SMILES string of the molecule is C=C(C)[C@@H]1CC[C@]2(C)CC[C@@]3(C)[C@H](CC[C@H]4[C@@]5(C)CC[C@H](O)C(C)(C)[C@@H]5CC[C@]43C)[C@H]12. The van der Waals surface area contributed by atoms with Crippen LogP contribution in [0.4, 0.5) is 0 Å². The van der Waals surface area contributed by atoms with Gasteiger partial charge < -0.3 is 5.11 Å². The molecule has 5 aliphatic carbocycles. The van der Waals surface area contributed by atoms with Crippen molar-refractivity contribution in [2.24, 2.45) is 56.7 Å². The second kappa shape index (κ2) is 6.64. The summed E-state index contributed by atoms with van der Waals surface area (Å²) in [5.41, 5.74) is 3.38. The zero-order chi connectivity index (χ0) is 22.6. The third-order valence-corrected chi connectivity index (χ3v) is 13.5. The topological polar surface area (TPSA) is 20.2 Å². The molecule has 10 atom stereocenters. The molecule has 0 aromatic rings. The Labute approximate surface area is 192 Å². The van der Waals surface area contributed by atoms with E-state index in [1.807, 2.05) is 0 Å². The van der Waals surface area contributed by atoms with Crippen molar-refractivity contribution in [2.45, 2.75) is 119 Å². The van der Waals surface area contributed by atoms with Gasteiger partial charge in [-0.3, -0.25) is 0 Å². The second-order valence-corrected chi connectivity index (χ2v) is 14.7. The minimum absolute atomic E-state index is 0.0632. The van der Waals surface area contributed by atoms with Crippen molar-refractivity contribution in [3.05, 3.63) is 12.2 Å². The van der Waals surface area contributed by atoms with Crippen LogP contribution in [0.3, 0.4) is 0 Å². The summed E-state index contributed by atoms with van der Waals surface area (Å²) in [7, 11) is 0. The van der Waals surface area contributed by atoms with Crippen LogP contribution in [-0.2, 0) is 0 Å². The fourth-order valence-corrected chi connectivity index (χ4v) is 11.5. The quantitative estimate of drug-likeness (QED) is 0.421. The predicted octanol–water partition coefficient (Wildman–Crippen LogP) is 8.02. The Kier molecular flexibility index (Phi) is 4.82. The molecule has 0 aliphatic heterocycles. The van der Waals surface area contributed by atoms with Crippen LogP contribution in [0, 0.1) is 56.7 Å². The number of aliphatic hydroxyl groups is 1. The minimum atomic E-state index is -0.118. The molecule has 176 valence electrons. The van der Waals surface area contributed by atoms with E-state index in [9.17, 15) is 5.11 Å². The van der Waals surface area contributed by atoms with E-state index in [-0.39, 0.29) is 11.5 Å². The van der Waals surface area contributed by atoms with Crippen LogP contribution in [-0.4, -0.2) is 11.2 Å². The van der Waals surface area contributed by atoms with E-state index >= 15 is 0 Å². The molecular formula is C30H50O. The molecule has 1 nitrogen and oxygen atoms in total. The maximum absolute atomic E-state index is 10.9. The Hall–Kier alpha value is -0.300. The monoisotopic (exact) mass is 426 g/mol. The largest absolute Gasteiger partial charge is 0.393 e. The van der Waals surface area contributed by atoms with Gasteiger partial charge in [0.15, 0.2) is 0 Å². The lowest BCUT2D eigenvalue weighted by atomic mass is 9.32. The molecule has 5 rings (SSSR count). The Morgan fingerprint density at radius 1 is 0.742 bits per heavy atom. The number of hydrogen-bond donors (Lipinski definition) is 1. The minimum Gasteiger partial charge on any atom is -0.393 e. The van der Waals surface area contributed by atoms with Crippen molar-refractivity contribution in [3.8, 4) is 0 Å². The normalized spacial score (nSPS) is 57.9. The molecule has 5 fully saturated rings.